The SMILES string of the molecule is CC(=O)N(CCOc1ccc(NS(C)(=O)=O)cc1)CCc1ccc(NS(C)(=O)=O)cc1. The van der Waals surface area contributed by atoms with Gasteiger partial charge in [0.05, 0.1) is 19.1 Å². The number of carbonyl (C=O) groups excluding carboxylic acids is 1. The summed E-state index contributed by atoms with van der Waals surface area (Å²) in [5.74, 6) is 0.489. The predicted octanol–water partition coefficient (Wildman–Crippen LogP) is 1.90. The summed E-state index contributed by atoms with van der Waals surface area (Å²) in [4.78, 5) is 13.6. The van der Waals surface area contributed by atoms with Crippen LogP contribution in [0.1, 0.15) is 12.5 Å². The maximum Gasteiger partial charge on any atom is 0.229 e. The smallest absolute Gasteiger partial charge is 0.229 e. The van der Waals surface area contributed by atoms with E-state index in [1.165, 1.54) is 6.92 Å². The molecule has 11 heteroatoms. The van der Waals surface area contributed by atoms with E-state index >= 15 is 0 Å². The van der Waals surface area contributed by atoms with Gasteiger partial charge in [-0.3, -0.25) is 14.2 Å². The van der Waals surface area contributed by atoms with E-state index in [4.69, 9.17) is 4.74 Å². The highest BCUT2D eigenvalue weighted by molar-refractivity contribution is 7.92. The highest BCUT2D eigenvalue weighted by atomic mass is 32.2. The lowest BCUT2D eigenvalue weighted by Crippen LogP contribution is -2.34. The zero-order chi connectivity index (χ0) is 23.1. The minimum Gasteiger partial charge on any atom is -0.492 e. The average molecular weight is 470 g/mol. The first kappa shape index (κ1) is 24.5. The second kappa shape index (κ2) is 10.5. The van der Waals surface area contributed by atoms with Crippen LogP contribution < -0.4 is 14.2 Å². The molecule has 2 aromatic rings. The fourth-order valence-electron chi connectivity index (χ4n) is 2.75. The molecule has 0 aliphatic carbocycles. The van der Waals surface area contributed by atoms with Gasteiger partial charge in [0, 0.05) is 24.8 Å². The molecule has 0 radical (unpaired) electrons. The first-order chi connectivity index (χ1) is 14.4. The first-order valence-corrected chi connectivity index (χ1v) is 13.2. The van der Waals surface area contributed by atoms with E-state index in [1.54, 1.807) is 41.3 Å². The van der Waals surface area contributed by atoms with Gasteiger partial charge in [0.2, 0.25) is 26.0 Å². The monoisotopic (exact) mass is 469 g/mol. The van der Waals surface area contributed by atoms with Crippen molar-refractivity contribution in [2.75, 3.05) is 41.7 Å². The lowest BCUT2D eigenvalue weighted by atomic mass is 10.1. The van der Waals surface area contributed by atoms with Crippen LogP contribution in [-0.2, 0) is 31.3 Å². The van der Waals surface area contributed by atoms with E-state index in [2.05, 4.69) is 9.44 Å². The Labute approximate surface area is 183 Å². The van der Waals surface area contributed by atoms with Crippen LogP contribution in [0.25, 0.3) is 0 Å². The molecule has 170 valence electrons. The van der Waals surface area contributed by atoms with Crippen molar-refractivity contribution < 1.29 is 26.4 Å². The normalized spacial score (nSPS) is 11.6. The third-order valence-electron chi connectivity index (χ3n) is 4.16. The molecule has 2 N–H and O–H groups in total. The van der Waals surface area contributed by atoms with Crippen LogP contribution >= 0.6 is 0 Å². The Balaban J connectivity index is 1.83. The van der Waals surface area contributed by atoms with Crippen LogP contribution in [0, 0.1) is 0 Å². The second-order valence-electron chi connectivity index (χ2n) is 7.07. The molecule has 0 atom stereocenters. The van der Waals surface area contributed by atoms with Gasteiger partial charge in [0.15, 0.2) is 0 Å². The van der Waals surface area contributed by atoms with E-state index in [1.807, 2.05) is 12.1 Å². The largest absolute Gasteiger partial charge is 0.492 e. The van der Waals surface area contributed by atoms with Crippen molar-refractivity contribution in [2.24, 2.45) is 0 Å². The summed E-state index contributed by atoms with van der Waals surface area (Å²) in [5.41, 5.74) is 1.90. The molecule has 2 aromatic carbocycles. The third-order valence-corrected chi connectivity index (χ3v) is 5.37. The molecular weight excluding hydrogens is 442 g/mol. The molecule has 0 unspecified atom stereocenters. The summed E-state index contributed by atoms with van der Waals surface area (Å²) in [5, 5.41) is 0. The van der Waals surface area contributed by atoms with E-state index in [0.29, 0.717) is 36.6 Å². The number of carbonyl (C=O) groups is 1. The molecule has 0 fully saturated rings. The van der Waals surface area contributed by atoms with Gasteiger partial charge in [-0.25, -0.2) is 16.8 Å². The molecule has 0 bridgehead atoms. The number of rotatable bonds is 11. The topological polar surface area (TPSA) is 122 Å². The molecule has 2 rings (SSSR count). The molecule has 0 aliphatic heterocycles. The van der Waals surface area contributed by atoms with Gasteiger partial charge in [-0.15, -0.1) is 0 Å². The Morgan fingerprint density at radius 1 is 0.839 bits per heavy atom. The van der Waals surface area contributed by atoms with Crippen molar-refractivity contribution >= 4 is 37.3 Å². The molecule has 31 heavy (non-hydrogen) atoms. The Bertz CT molecular complexity index is 1080. The molecule has 0 aromatic heterocycles. The highest BCUT2D eigenvalue weighted by Gasteiger charge is 2.10. The number of anilines is 2. The quantitative estimate of drug-likeness (QED) is 0.518. The molecule has 9 nitrogen and oxygen atoms in total. The van der Waals surface area contributed by atoms with E-state index in [-0.39, 0.29) is 12.5 Å². The molecular formula is C20H27N3O6S2. The minimum atomic E-state index is -3.33. The fourth-order valence-corrected chi connectivity index (χ4v) is 3.88. The van der Waals surface area contributed by atoms with Crippen molar-refractivity contribution in [3.05, 3.63) is 54.1 Å². The number of nitrogens with one attached hydrogen (secondary N) is 2. The summed E-state index contributed by atoms with van der Waals surface area (Å²) in [6.45, 7) is 2.67. The van der Waals surface area contributed by atoms with E-state index in [9.17, 15) is 21.6 Å². The predicted molar refractivity (Wildman–Crippen MR) is 121 cm³/mol. The lowest BCUT2D eigenvalue weighted by molar-refractivity contribution is -0.129. The number of ether oxygens (including phenoxy) is 1. The van der Waals surface area contributed by atoms with Crippen LogP contribution in [0.3, 0.4) is 0 Å². The van der Waals surface area contributed by atoms with E-state index in [0.717, 1.165) is 18.1 Å². The maximum atomic E-state index is 11.9. The van der Waals surface area contributed by atoms with Gasteiger partial charge in [-0.2, -0.15) is 0 Å². The summed E-state index contributed by atoms with van der Waals surface area (Å²) < 4.78 is 55.4. The maximum absolute atomic E-state index is 11.9. The van der Waals surface area contributed by atoms with Gasteiger partial charge >= 0.3 is 0 Å². The Kier molecular flexibility index (Phi) is 8.28. The molecule has 1 amide bonds. The number of hydrogen-bond acceptors (Lipinski definition) is 6. The number of amides is 1. The number of benzene rings is 2. The third kappa shape index (κ3) is 9.71. The highest BCUT2D eigenvalue weighted by Crippen LogP contribution is 2.16. The van der Waals surface area contributed by atoms with Gasteiger partial charge in [0.25, 0.3) is 0 Å². The Hall–Kier alpha value is -2.79. The number of hydrogen-bond donors (Lipinski definition) is 2. The van der Waals surface area contributed by atoms with Crippen LogP contribution in [0.5, 0.6) is 5.75 Å². The zero-order valence-corrected chi connectivity index (χ0v) is 19.3. The average Bonchev–Trinajstić information content (AvgIpc) is 2.64. The summed E-state index contributed by atoms with van der Waals surface area (Å²) >= 11 is 0. The van der Waals surface area contributed by atoms with Crippen LogP contribution in [0.2, 0.25) is 0 Å². The Morgan fingerprint density at radius 3 is 1.77 bits per heavy atom. The summed E-state index contributed by atoms with van der Waals surface area (Å²) in [6, 6.07) is 13.5. The van der Waals surface area contributed by atoms with Crippen molar-refractivity contribution in [2.45, 2.75) is 13.3 Å². The van der Waals surface area contributed by atoms with Crippen molar-refractivity contribution in [3.8, 4) is 5.75 Å². The van der Waals surface area contributed by atoms with Crippen LogP contribution in [-0.4, -0.2) is 59.9 Å². The summed E-state index contributed by atoms with van der Waals surface area (Å²) in [6.07, 6.45) is 2.79. The first-order valence-electron chi connectivity index (χ1n) is 9.44. The molecule has 0 spiro atoms. The second-order valence-corrected chi connectivity index (χ2v) is 10.6. The fraction of sp³-hybridized carbons (Fsp3) is 0.350. The van der Waals surface area contributed by atoms with Crippen LogP contribution in [0.15, 0.2) is 48.5 Å². The van der Waals surface area contributed by atoms with Gasteiger partial charge in [0.1, 0.15) is 12.4 Å². The minimum absolute atomic E-state index is 0.0772. The molecule has 0 saturated carbocycles. The van der Waals surface area contributed by atoms with E-state index < -0.39 is 20.0 Å². The molecule has 0 aliphatic rings. The molecule has 0 saturated heterocycles. The number of nitrogens with zero attached hydrogens (tertiary/aromatic N) is 1. The van der Waals surface area contributed by atoms with Gasteiger partial charge in [-0.1, -0.05) is 12.1 Å². The van der Waals surface area contributed by atoms with Crippen molar-refractivity contribution in [3.63, 3.8) is 0 Å². The van der Waals surface area contributed by atoms with Crippen molar-refractivity contribution in [1.82, 2.24) is 4.90 Å². The summed E-state index contributed by atoms with van der Waals surface area (Å²) in [7, 11) is -6.65. The Morgan fingerprint density at radius 2 is 1.32 bits per heavy atom. The standard InChI is InChI=1S/C20H27N3O6S2/c1-16(24)23(13-12-17-4-6-18(7-5-17)21-30(2,25)26)14-15-29-20-10-8-19(9-11-20)22-31(3,27)28/h4-11,21-22H,12-15H2,1-3H3. The van der Waals surface area contributed by atoms with Gasteiger partial charge < -0.3 is 9.64 Å². The number of sulfonamides is 2. The molecule has 0 heterocycles. The lowest BCUT2D eigenvalue weighted by Gasteiger charge is -2.21. The zero-order valence-electron chi connectivity index (χ0n) is 17.7. The van der Waals surface area contributed by atoms with Gasteiger partial charge in [-0.05, 0) is 48.4 Å². The van der Waals surface area contributed by atoms with Crippen LogP contribution in [0.4, 0.5) is 11.4 Å². The van der Waals surface area contributed by atoms with Crippen molar-refractivity contribution in [1.29, 1.82) is 0 Å².